The summed E-state index contributed by atoms with van der Waals surface area (Å²) in [5, 5.41) is 11.7. The smallest absolute Gasteiger partial charge is 0.353 e. The number of hydrogen-bond acceptors (Lipinski definition) is 4. The van der Waals surface area contributed by atoms with Gasteiger partial charge in [-0.1, -0.05) is 0 Å². The Morgan fingerprint density at radius 3 is 2.72 bits per heavy atom. The third kappa shape index (κ3) is 2.06. The van der Waals surface area contributed by atoms with Gasteiger partial charge in [-0.2, -0.15) is 0 Å². The molecule has 0 aliphatic carbocycles. The highest BCUT2D eigenvalue weighted by Gasteiger charge is 2.27. The molecule has 1 aliphatic rings. The standard InChI is InChI=1S/C11H14N4O3/c1-14-5-3-7(8(14)11(17)18)13-10(16)9-12-4-6-15(9)2/h4,6H,3,5H2,1-2H3,(H,13,16)(H,17,18). The van der Waals surface area contributed by atoms with E-state index in [1.807, 2.05) is 0 Å². The second-order valence-electron chi connectivity index (χ2n) is 4.12. The van der Waals surface area contributed by atoms with Crippen LogP contribution in [0.1, 0.15) is 17.0 Å². The molecule has 0 unspecified atom stereocenters. The molecule has 1 aromatic rings. The zero-order valence-electron chi connectivity index (χ0n) is 10.2. The molecule has 0 bridgehead atoms. The first kappa shape index (κ1) is 12.2. The summed E-state index contributed by atoms with van der Waals surface area (Å²) in [6.07, 6.45) is 3.68. The summed E-state index contributed by atoms with van der Waals surface area (Å²) in [6, 6.07) is 0. The summed E-state index contributed by atoms with van der Waals surface area (Å²) >= 11 is 0. The van der Waals surface area contributed by atoms with Gasteiger partial charge in [-0.05, 0) is 0 Å². The molecule has 96 valence electrons. The lowest BCUT2D eigenvalue weighted by Gasteiger charge is -2.12. The van der Waals surface area contributed by atoms with Crippen molar-refractivity contribution in [2.24, 2.45) is 7.05 Å². The minimum Gasteiger partial charge on any atom is -0.477 e. The number of likely N-dealkylation sites (N-methyl/N-ethyl adjacent to an activating group) is 1. The van der Waals surface area contributed by atoms with E-state index in [-0.39, 0.29) is 11.5 Å². The minimum absolute atomic E-state index is 0.137. The largest absolute Gasteiger partial charge is 0.477 e. The number of carbonyl (C=O) groups is 2. The Morgan fingerprint density at radius 1 is 1.44 bits per heavy atom. The highest BCUT2D eigenvalue weighted by atomic mass is 16.4. The van der Waals surface area contributed by atoms with Gasteiger partial charge in [-0.25, -0.2) is 9.78 Å². The summed E-state index contributed by atoms with van der Waals surface area (Å²) in [7, 11) is 3.39. The van der Waals surface area contributed by atoms with Crippen LogP contribution in [0.3, 0.4) is 0 Å². The zero-order valence-corrected chi connectivity index (χ0v) is 10.2. The Kier molecular flexibility index (Phi) is 3.05. The van der Waals surface area contributed by atoms with Crippen LogP contribution in [-0.2, 0) is 11.8 Å². The molecule has 0 atom stereocenters. The first-order valence-corrected chi connectivity index (χ1v) is 5.47. The lowest BCUT2D eigenvalue weighted by Crippen LogP contribution is -2.27. The summed E-state index contributed by atoms with van der Waals surface area (Å²) in [4.78, 5) is 28.5. The van der Waals surface area contributed by atoms with Crippen molar-refractivity contribution in [1.29, 1.82) is 0 Å². The number of carboxylic acids is 1. The molecule has 1 amide bonds. The molecule has 2 N–H and O–H groups in total. The second-order valence-corrected chi connectivity index (χ2v) is 4.12. The van der Waals surface area contributed by atoms with Crippen LogP contribution in [0.5, 0.6) is 0 Å². The Morgan fingerprint density at radius 2 is 2.17 bits per heavy atom. The number of hydrogen-bond donors (Lipinski definition) is 2. The highest BCUT2D eigenvalue weighted by Crippen LogP contribution is 2.19. The predicted molar refractivity (Wildman–Crippen MR) is 62.6 cm³/mol. The number of aryl methyl sites for hydroxylation is 1. The van der Waals surface area contributed by atoms with Gasteiger partial charge >= 0.3 is 5.97 Å². The van der Waals surface area contributed by atoms with Gasteiger partial charge in [0.15, 0.2) is 5.82 Å². The van der Waals surface area contributed by atoms with Gasteiger partial charge in [0.25, 0.3) is 5.91 Å². The van der Waals surface area contributed by atoms with Crippen LogP contribution in [0.15, 0.2) is 23.8 Å². The van der Waals surface area contributed by atoms with E-state index in [1.54, 1.807) is 29.8 Å². The maximum absolute atomic E-state index is 11.9. The predicted octanol–water partition coefficient (Wildman–Crippen LogP) is -0.218. The Labute approximate surface area is 104 Å². The normalized spacial score (nSPS) is 15.1. The number of rotatable bonds is 3. The number of nitrogens with zero attached hydrogens (tertiary/aromatic N) is 3. The lowest BCUT2D eigenvalue weighted by molar-refractivity contribution is -0.134. The third-order valence-corrected chi connectivity index (χ3v) is 2.86. The molecule has 7 nitrogen and oxygen atoms in total. The zero-order chi connectivity index (χ0) is 13.3. The van der Waals surface area contributed by atoms with Crippen molar-refractivity contribution in [3.8, 4) is 0 Å². The van der Waals surface area contributed by atoms with Crippen LogP contribution in [0.2, 0.25) is 0 Å². The van der Waals surface area contributed by atoms with Crippen LogP contribution in [0.4, 0.5) is 0 Å². The van der Waals surface area contributed by atoms with Crippen molar-refractivity contribution in [3.05, 3.63) is 29.6 Å². The molecule has 18 heavy (non-hydrogen) atoms. The van der Waals surface area contributed by atoms with Gasteiger partial charge in [0.1, 0.15) is 5.70 Å². The second kappa shape index (κ2) is 4.52. The van der Waals surface area contributed by atoms with Crippen molar-refractivity contribution in [2.45, 2.75) is 6.42 Å². The fourth-order valence-electron chi connectivity index (χ4n) is 1.93. The minimum atomic E-state index is -1.04. The van der Waals surface area contributed by atoms with E-state index in [0.29, 0.717) is 18.7 Å². The quantitative estimate of drug-likeness (QED) is 0.774. The fourth-order valence-corrected chi connectivity index (χ4v) is 1.93. The number of carbonyl (C=O) groups excluding carboxylic acids is 1. The van der Waals surface area contributed by atoms with Crippen LogP contribution < -0.4 is 5.32 Å². The van der Waals surface area contributed by atoms with E-state index >= 15 is 0 Å². The molecule has 0 radical (unpaired) electrons. The molecule has 7 heteroatoms. The van der Waals surface area contributed by atoms with Crippen molar-refractivity contribution < 1.29 is 14.7 Å². The molecule has 0 spiro atoms. The van der Waals surface area contributed by atoms with Crippen molar-refractivity contribution in [2.75, 3.05) is 13.6 Å². The van der Waals surface area contributed by atoms with E-state index in [2.05, 4.69) is 10.3 Å². The van der Waals surface area contributed by atoms with Gasteiger partial charge in [0.05, 0.1) is 5.70 Å². The van der Waals surface area contributed by atoms with E-state index in [0.717, 1.165) is 0 Å². The Bertz CT molecular complexity index is 532. The van der Waals surface area contributed by atoms with Gasteiger partial charge in [-0.3, -0.25) is 4.79 Å². The summed E-state index contributed by atoms with van der Waals surface area (Å²) in [5.41, 5.74) is 0.565. The first-order valence-electron chi connectivity index (χ1n) is 5.47. The average molecular weight is 250 g/mol. The molecule has 2 rings (SSSR count). The molecule has 0 aromatic carbocycles. The number of amides is 1. The number of aliphatic carboxylic acids is 1. The summed E-state index contributed by atoms with van der Waals surface area (Å²) in [6.45, 7) is 0.581. The van der Waals surface area contributed by atoms with Crippen LogP contribution >= 0.6 is 0 Å². The summed E-state index contributed by atoms with van der Waals surface area (Å²) in [5.74, 6) is -1.18. The SMILES string of the molecule is CN1CCC(NC(=O)c2nccn2C)=C1C(=O)O. The number of aromatic nitrogens is 2. The molecular formula is C11H14N4O3. The molecule has 0 saturated carbocycles. The average Bonchev–Trinajstić information content (AvgIpc) is 2.85. The van der Waals surface area contributed by atoms with Crippen LogP contribution in [0, 0.1) is 0 Å². The van der Waals surface area contributed by atoms with Gasteiger partial charge in [0, 0.05) is 39.5 Å². The molecule has 0 saturated heterocycles. The molecule has 0 fully saturated rings. The van der Waals surface area contributed by atoms with Gasteiger partial charge in [-0.15, -0.1) is 0 Å². The van der Waals surface area contributed by atoms with E-state index in [4.69, 9.17) is 5.11 Å². The maximum Gasteiger partial charge on any atom is 0.353 e. The number of nitrogens with one attached hydrogen (secondary N) is 1. The van der Waals surface area contributed by atoms with Crippen LogP contribution in [0.25, 0.3) is 0 Å². The van der Waals surface area contributed by atoms with E-state index < -0.39 is 11.9 Å². The Balaban J connectivity index is 2.22. The van der Waals surface area contributed by atoms with Gasteiger partial charge in [0.2, 0.25) is 0 Å². The first-order chi connectivity index (χ1) is 8.50. The molecular weight excluding hydrogens is 236 g/mol. The van der Waals surface area contributed by atoms with Crippen molar-refractivity contribution in [3.63, 3.8) is 0 Å². The topological polar surface area (TPSA) is 87.5 Å². The van der Waals surface area contributed by atoms with Gasteiger partial charge < -0.3 is 19.9 Å². The van der Waals surface area contributed by atoms with Crippen molar-refractivity contribution in [1.82, 2.24) is 19.8 Å². The van der Waals surface area contributed by atoms with E-state index in [9.17, 15) is 9.59 Å². The molecule has 1 aliphatic heterocycles. The third-order valence-electron chi connectivity index (χ3n) is 2.86. The van der Waals surface area contributed by atoms with E-state index in [1.165, 1.54) is 6.20 Å². The monoisotopic (exact) mass is 250 g/mol. The Hall–Kier alpha value is -2.31. The maximum atomic E-state index is 11.9. The van der Waals surface area contributed by atoms with Crippen molar-refractivity contribution >= 4 is 11.9 Å². The summed E-state index contributed by atoms with van der Waals surface area (Å²) < 4.78 is 1.58. The number of carboxylic acid groups (broad SMARTS) is 1. The lowest BCUT2D eigenvalue weighted by atomic mass is 10.3. The fraction of sp³-hybridized carbons (Fsp3) is 0.364. The van der Waals surface area contributed by atoms with Crippen LogP contribution in [-0.4, -0.2) is 45.0 Å². The molecule has 2 heterocycles. The number of imidazole rings is 1. The molecule has 1 aromatic heterocycles. The highest BCUT2D eigenvalue weighted by molar-refractivity contribution is 5.94.